The van der Waals surface area contributed by atoms with Gasteiger partial charge in [0.05, 0.1) is 0 Å². The summed E-state index contributed by atoms with van der Waals surface area (Å²) in [6.07, 6.45) is 2.56. The Labute approximate surface area is 77.7 Å². The van der Waals surface area contributed by atoms with Crippen molar-refractivity contribution in [2.24, 2.45) is 0 Å². The van der Waals surface area contributed by atoms with Crippen LogP contribution in [0.1, 0.15) is 33.1 Å². The van der Waals surface area contributed by atoms with Crippen LogP contribution in [0, 0.1) is 0 Å². The first-order chi connectivity index (χ1) is 5.70. The van der Waals surface area contributed by atoms with Gasteiger partial charge in [-0.05, 0) is 23.7 Å². The molecule has 0 unspecified atom stereocenters. The maximum Gasteiger partial charge on any atom is 0.113 e. The van der Waals surface area contributed by atoms with Gasteiger partial charge in [-0.15, -0.1) is 0 Å². The van der Waals surface area contributed by atoms with Crippen LogP contribution in [0.5, 0.6) is 0 Å². The number of carbonyl (C=O) groups excluding carboxylic acids is 1. The summed E-state index contributed by atoms with van der Waals surface area (Å²) in [5.74, 6) is 2.28. The van der Waals surface area contributed by atoms with Crippen molar-refractivity contribution >= 4 is 16.9 Å². The summed E-state index contributed by atoms with van der Waals surface area (Å²) >= 11 is 0. The van der Waals surface area contributed by atoms with Crippen LogP contribution in [0.4, 0.5) is 0 Å². The fourth-order valence-electron chi connectivity index (χ4n) is 1.11. The van der Waals surface area contributed by atoms with Crippen molar-refractivity contribution < 1.29 is 9.90 Å². The zero-order valence-corrected chi connectivity index (χ0v) is 8.78. The topological polar surface area (TPSA) is 40.1 Å². The first-order valence-electron chi connectivity index (χ1n) is 4.54. The Hall–Kier alpha value is -0.180. The van der Waals surface area contributed by atoms with Gasteiger partial charge in [0, 0.05) is 12.4 Å². The van der Waals surface area contributed by atoms with E-state index in [0.29, 0.717) is 10.9 Å². The molecule has 0 aliphatic heterocycles. The Bertz CT molecular complexity index is 120. The number of carbonyl (C=O) groups is 1. The van der Waals surface area contributed by atoms with Crippen LogP contribution in [-0.4, -0.2) is 23.2 Å². The minimum Gasteiger partial charge on any atom is -0.550 e. The minimum absolute atomic E-state index is 0.239. The second-order valence-electron chi connectivity index (χ2n) is 2.85. The summed E-state index contributed by atoms with van der Waals surface area (Å²) < 4.78 is 0. The molecule has 0 radical (unpaired) electrons. The van der Waals surface area contributed by atoms with E-state index >= 15 is 0 Å². The Morgan fingerprint density at radius 2 is 1.67 bits per heavy atom. The van der Waals surface area contributed by atoms with Crippen molar-refractivity contribution in [1.29, 1.82) is 0 Å². The van der Waals surface area contributed by atoms with Gasteiger partial charge in [-0.3, -0.25) is 0 Å². The molecule has 0 amide bonds. The number of carboxylic acids is 1. The molecule has 0 saturated heterocycles. The summed E-state index contributed by atoms with van der Waals surface area (Å²) in [5, 5.41) is 10.2. The van der Waals surface area contributed by atoms with Crippen LogP contribution in [0.25, 0.3) is 0 Å². The van der Waals surface area contributed by atoms with Crippen LogP contribution < -0.4 is 5.11 Å². The fraction of sp³-hybridized carbons (Fsp3) is 0.889. The van der Waals surface area contributed by atoms with Gasteiger partial charge in [0.25, 0.3) is 0 Å². The highest BCUT2D eigenvalue weighted by Crippen LogP contribution is 2.03. The molecule has 0 spiro atoms. The average molecular weight is 190 g/mol. The predicted octanol–water partition coefficient (Wildman–Crippen LogP) is 0.565. The molecule has 0 aromatic rings. The van der Waals surface area contributed by atoms with E-state index < -0.39 is 5.97 Å². The largest absolute Gasteiger partial charge is 0.550 e. The van der Waals surface area contributed by atoms with Crippen LogP contribution in [0.3, 0.4) is 0 Å². The van der Waals surface area contributed by atoms with Gasteiger partial charge >= 0.3 is 0 Å². The molecule has 0 bridgehead atoms. The van der Waals surface area contributed by atoms with Crippen LogP contribution >= 0.6 is 0 Å². The molecule has 72 valence electrons. The second kappa shape index (κ2) is 7.47. The summed E-state index contributed by atoms with van der Waals surface area (Å²) in [6.45, 7) is 4.29. The first kappa shape index (κ1) is 11.8. The highest BCUT2D eigenvalue weighted by molar-refractivity contribution is 7.96. The van der Waals surface area contributed by atoms with E-state index in [-0.39, 0.29) is 6.42 Å². The van der Waals surface area contributed by atoms with E-state index in [1.165, 1.54) is 11.5 Å². The second-order valence-corrected chi connectivity index (χ2v) is 5.30. The smallest absolute Gasteiger partial charge is 0.113 e. The first-order valence-corrected chi connectivity index (χ1v) is 6.27. The normalized spacial score (nSPS) is 10.6. The van der Waals surface area contributed by atoms with Crippen molar-refractivity contribution in [3.63, 3.8) is 0 Å². The monoisotopic (exact) mass is 190 g/mol. The Kier molecular flexibility index (Phi) is 7.36. The van der Waals surface area contributed by atoms with Gasteiger partial charge in [-0.25, -0.2) is 0 Å². The fourth-order valence-corrected chi connectivity index (χ4v) is 3.33. The predicted molar refractivity (Wildman–Crippen MR) is 52.2 cm³/mol. The molecular formula is C9H18O2S. The molecule has 0 atom stereocenters. The molecule has 0 fully saturated rings. The number of aliphatic carboxylic acids is 1. The summed E-state index contributed by atoms with van der Waals surface area (Å²) in [6, 6.07) is 0. The third-order valence-corrected chi connectivity index (χ3v) is 4.33. The quantitative estimate of drug-likeness (QED) is 0.550. The zero-order chi connectivity index (χ0) is 9.40. The van der Waals surface area contributed by atoms with E-state index in [4.69, 9.17) is 0 Å². The van der Waals surface area contributed by atoms with Crippen molar-refractivity contribution in [2.45, 2.75) is 33.1 Å². The number of hydrogen-bond donors (Lipinski definition) is 0. The van der Waals surface area contributed by atoms with Gasteiger partial charge in [-0.1, -0.05) is 13.8 Å². The molecule has 12 heavy (non-hydrogen) atoms. The van der Waals surface area contributed by atoms with Gasteiger partial charge in [-0.2, -0.15) is 0 Å². The van der Waals surface area contributed by atoms with E-state index in [1.54, 1.807) is 0 Å². The van der Waals surface area contributed by atoms with E-state index in [9.17, 15) is 9.90 Å². The third kappa shape index (κ3) is 6.53. The van der Waals surface area contributed by atoms with Crippen molar-refractivity contribution in [1.82, 2.24) is 0 Å². The molecule has 0 aliphatic rings. The molecule has 0 aromatic carbocycles. The zero-order valence-electron chi connectivity index (χ0n) is 7.97. The average Bonchev–Trinajstić information content (AvgIpc) is 2.01. The molecule has 0 aliphatic carbocycles. The third-order valence-electron chi connectivity index (χ3n) is 1.58. The SMILES string of the molecule is CCC[S+](CCC)CCC(=O)[O-]. The Balaban J connectivity index is 3.54. The molecule has 3 heteroatoms. The maximum absolute atomic E-state index is 10.2. The highest BCUT2D eigenvalue weighted by atomic mass is 32.2. The Morgan fingerprint density at radius 3 is 2.00 bits per heavy atom. The number of hydrogen-bond acceptors (Lipinski definition) is 2. The highest BCUT2D eigenvalue weighted by Gasteiger charge is 2.14. The van der Waals surface area contributed by atoms with Crippen LogP contribution in [0.15, 0.2) is 0 Å². The van der Waals surface area contributed by atoms with E-state index in [0.717, 1.165) is 18.6 Å². The summed E-state index contributed by atoms with van der Waals surface area (Å²) in [7, 11) is 0.334. The van der Waals surface area contributed by atoms with Gasteiger partial charge in [0.15, 0.2) is 0 Å². The summed E-state index contributed by atoms with van der Waals surface area (Å²) in [4.78, 5) is 10.2. The lowest BCUT2D eigenvalue weighted by Crippen LogP contribution is -2.27. The van der Waals surface area contributed by atoms with Gasteiger partial charge < -0.3 is 9.90 Å². The molecule has 0 N–H and O–H groups in total. The maximum atomic E-state index is 10.2. The van der Waals surface area contributed by atoms with Crippen molar-refractivity contribution in [3.05, 3.63) is 0 Å². The van der Waals surface area contributed by atoms with E-state index in [2.05, 4.69) is 13.8 Å². The van der Waals surface area contributed by atoms with Crippen molar-refractivity contribution in [2.75, 3.05) is 17.3 Å². The molecular weight excluding hydrogens is 172 g/mol. The molecule has 0 rings (SSSR count). The van der Waals surface area contributed by atoms with E-state index in [1.807, 2.05) is 0 Å². The molecule has 0 saturated carbocycles. The Morgan fingerprint density at radius 1 is 1.17 bits per heavy atom. The number of carboxylic acid groups (broad SMARTS) is 1. The van der Waals surface area contributed by atoms with Crippen LogP contribution in [0.2, 0.25) is 0 Å². The van der Waals surface area contributed by atoms with Gasteiger partial charge in [0.1, 0.15) is 17.3 Å². The van der Waals surface area contributed by atoms with Crippen LogP contribution in [-0.2, 0) is 15.7 Å². The number of rotatable bonds is 7. The molecule has 0 aromatic heterocycles. The minimum atomic E-state index is -0.903. The molecule has 0 heterocycles. The van der Waals surface area contributed by atoms with Gasteiger partial charge in [0.2, 0.25) is 0 Å². The summed E-state index contributed by atoms with van der Waals surface area (Å²) in [5.41, 5.74) is 0. The lowest BCUT2D eigenvalue weighted by Gasteiger charge is -2.06. The molecule has 2 nitrogen and oxygen atoms in total. The lowest BCUT2D eigenvalue weighted by atomic mass is 10.5. The standard InChI is InChI=1S/C9H18O2S/c1-3-6-12(7-4-2)8-5-9(10)11/h3-8H2,1-2H3. The lowest BCUT2D eigenvalue weighted by molar-refractivity contribution is -0.305. The van der Waals surface area contributed by atoms with Crippen molar-refractivity contribution in [3.8, 4) is 0 Å².